The summed E-state index contributed by atoms with van der Waals surface area (Å²) >= 11 is 0. The molecule has 1 unspecified atom stereocenters. The molecule has 10 aromatic carbocycles. The molecule has 328 valence electrons. The number of aromatic nitrogens is 1. The van der Waals surface area contributed by atoms with Crippen molar-refractivity contribution in [2.75, 3.05) is 4.90 Å². The van der Waals surface area contributed by atoms with Crippen LogP contribution in [0.3, 0.4) is 0 Å². The number of benzene rings is 10. The first kappa shape index (κ1) is 40.1. The van der Waals surface area contributed by atoms with Crippen LogP contribution in [0.15, 0.2) is 274 Å². The fraction of sp³-hybridized carbons (Fsp3) is 0.0294. The third-order valence-electron chi connectivity index (χ3n) is 15.4. The summed E-state index contributed by atoms with van der Waals surface area (Å²) in [7, 11) is 0. The van der Waals surface area contributed by atoms with Crippen LogP contribution in [0.2, 0.25) is 0 Å². The molecule has 2 aliphatic carbocycles. The summed E-state index contributed by atoms with van der Waals surface area (Å²) in [6.07, 6.45) is 8.31. The molecular formula is C68H46N2. The standard InChI is InChI=1S/C68H46N2/c1-2-3-7-39-61(69(49-28-12-6-13-29-49)64-42-23-37-58-65(64)54-32-15-18-35-56(54)67(58,47-24-8-4-9-25-47)48-26-10-5-11-27-48)46-43-44-51-50-30-14-17-34-55(50)68(60(51)45-46)57-36-19-21-41-63(57)70-62-40-20-16-31-52(62)53-33-22-38-59(68)66(53)70/h2-45H,1H2/b7-3-,61-39-. The maximum absolute atomic E-state index is 4.11. The molecule has 1 aliphatic heterocycles. The van der Waals surface area contributed by atoms with Crippen molar-refractivity contribution in [3.8, 4) is 27.9 Å². The zero-order chi connectivity index (χ0) is 46.4. The van der Waals surface area contributed by atoms with Crippen molar-refractivity contribution in [2.45, 2.75) is 10.8 Å². The van der Waals surface area contributed by atoms with Crippen molar-refractivity contribution in [3.63, 3.8) is 0 Å². The molecule has 0 fully saturated rings. The van der Waals surface area contributed by atoms with Gasteiger partial charge >= 0.3 is 0 Å². The Balaban J connectivity index is 1.07. The molecule has 0 radical (unpaired) electrons. The van der Waals surface area contributed by atoms with Crippen LogP contribution in [0.4, 0.5) is 11.4 Å². The maximum atomic E-state index is 4.11. The van der Waals surface area contributed by atoms with Gasteiger partial charge in [0.25, 0.3) is 0 Å². The number of fused-ring (bicyclic) bond motifs is 15. The van der Waals surface area contributed by atoms with Crippen LogP contribution in [0.25, 0.3) is 55.4 Å². The topological polar surface area (TPSA) is 8.17 Å². The van der Waals surface area contributed by atoms with E-state index in [9.17, 15) is 0 Å². The van der Waals surface area contributed by atoms with Crippen molar-refractivity contribution >= 4 is 38.9 Å². The number of hydrogen-bond donors (Lipinski definition) is 0. The van der Waals surface area contributed by atoms with E-state index in [1.165, 1.54) is 94.3 Å². The van der Waals surface area contributed by atoms with E-state index in [4.69, 9.17) is 0 Å². The van der Waals surface area contributed by atoms with Crippen molar-refractivity contribution in [1.29, 1.82) is 0 Å². The highest BCUT2D eigenvalue weighted by atomic mass is 15.2. The minimum absolute atomic E-state index is 0.553. The lowest BCUT2D eigenvalue weighted by atomic mass is 9.65. The molecule has 11 aromatic rings. The van der Waals surface area contributed by atoms with Crippen LogP contribution in [-0.4, -0.2) is 4.57 Å². The SMILES string of the molecule is C=C/C=C\C=C(\c1ccc2c(c1)C1(c3ccccc3-2)c2ccccc2-n2c3ccccc3c3cccc1c32)N(c1ccccc1)c1cccc2c1-c1ccccc1C2(c1ccccc1)c1ccccc1. The van der Waals surface area contributed by atoms with Gasteiger partial charge in [-0.3, -0.25) is 0 Å². The van der Waals surface area contributed by atoms with Gasteiger partial charge in [-0.1, -0.05) is 231 Å². The minimum atomic E-state index is -0.597. The van der Waals surface area contributed by atoms with E-state index in [1.807, 2.05) is 12.2 Å². The van der Waals surface area contributed by atoms with Gasteiger partial charge in [-0.25, -0.2) is 0 Å². The van der Waals surface area contributed by atoms with Crippen molar-refractivity contribution in [3.05, 3.63) is 324 Å². The van der Waals surface area contributed by atoms with Crippen LogP contribution in [-0.2, 0) is 10.8 Å². The molecule has 2 nitrogen and oxygen atoms in total. The molecule has 1 atom stereocenters. The first-order valence-corrected chi connectivity index (χ1v) is 24.3. The normalized spacial score (nSPS) is 15.7. The Morgan fingerprint density at radius 2 is 1.00 bits per heavy atom. The summed E-state index contributed by atoms with van der Waals surface area (Å²) in [6, 6.07) is 90.4. The second kappa shape index (κ2) is 15.5. The summed E-state index contributed by atoms with van der Waals surface area (Å²) in [5, 5.41) is 2.54. The molecule has 0 saturated carbocycles. The molecule has 0 saturated heterocycles. The van der Waals surface area contributed by atoms with E-state index in [0.717, 1.165) is 22.6 Å². The lowest BCUT2D eigenvalue weighted by molar-refractivity contribution is 0.748. The number of rotatable bonds is 8. The molecule has 2 heterocycles. The Kier molecular flexibility index (Phi) is 8.90. The maximum Gasteiger partial charge on any atom is 0.0754 e. The molecule has 0 bridgehead atoms. The number of allylic oxidation sites excluding steroid dienone is 4. The van der Waals surface area contributed by atoms with Crippen LogP contribution in [0.1, 0.15) is 50.1 Å². The lowest BCUT2D eigenvalue weighted by Crippen LogP contribution is -2.33. The van der Waals surface area contributed by atoms with Gasteiger partial charge in [0.05, 0.1) is 38.9 Å². The van der Waals surface area contributed by atoms with Crippen LogP contribution in [0, 0.1) is 0 Å². The smallest absolute Gasteiger partial charge is 0.0754 e. The highest BCUT2D eigenvalue weighted by molar-refractivity contribution is 6.13. The van der Waals surface area contributed by atoms with Crippen LogP contribution >= 0.6 is 0 Å². The summed E-state index contributed by atoms with van der Waals surface area (Å²) in [5.74, 6) is 0. The Labute approximate surface area is 408 Å². The summed E-state index contributed by atoms with van der Waals surface area (Å²) in [5.41, 5.74) is 22.1. The second-order valence-electron chi connectivity index (χ2n) is 18.7. The molecular weight excluding hydrogens is 845 g/mol. The van der Waals surface area contributed by atoms with Gasteiger partial charge in [0.1, 0.15) is 0 Å². The quantitative estimate of drug-likeness (QED) is 0.138. The van der Waals surface area contributed by atoms with Gasteiger partial charge in [0.2, 0.25) is 0 Å². The zero-order valence-corrected chi connectivity index (χ0v) is 38.5. The van der Waals surface area contributed by atoms with Gasteiger partial charge in [-0.2, -0.15) is 0 Å². The minimum Gasteiger partial charge on any atom is -0.309 e. The molecule has 3 aliphatic rings. The van der Waals surface area contributed by atoms with E-state index in [-0.39, 0.29) is 0 Å². The number of nitrogens with zero attached hydrogens (tertiary/aromatic N) is 2. The highest BCUT2D eigenvalue weighted by Crippen LogP contribution is 2.63. The molecule has 1 spiro atoms. The Hall–Kier alpha value is -8.98. The summed E-state index contributed by atoms with van der Waals surface area (Å²) in [4.78, 5) is 2.50. The van der Waals surface area contributed by atoms with Crippen LogP contribution in [0.5, 0.6) is 0 Å². The molecule has 0 N–H and O–H groups in total. The van der Waals surface area contributed by atoms with E-state index in [0.29, 0.717) is 0 Å². The lowest BCUT2D eigenvalue weighted by Gasteiger charge is -2.40. The van der Waals surface area contributed by atoms with Crippen LogP contribution < -0.4 is 4.90 Å². The van der Waals surface area contributed by atoms with Crippen molar-refractivity contribution in [2.24, 2.45) is 0 Å². The Bertz CT molecular complexity index is 3930. The molecule has 1 aromatic heterocycles. The predicted octanol–water partition coefficient (Wildman–Crippen LogP) is 16.7. The van der Waals surface area contributed by atoms with E-state index in [1.54, 1.807) is 0 Å². The van der Waals surface area contributed by atoms with E-state index in [2.05, 4.69) is 271 Å². The Morgan fingerprint density at radius 1 is 0.429 bits per heavy atom. The first-order chi connectivity index (χ1) is 34.7. The third kappa shape index (κ3) is 5.33. The highest BCUT2D eigenvalue weighted by Gasteiger charge is 2.51. The van der Waals surface area contributed by atoms with Crippen molar-refractivity contribution in [1.82, 2.24) is 4.57 Å². The monoisotopic (exact) mass is 890 g/mol. The van der Waals surface area contributed by atoms with Gasteiger partial charge < -0.3 is 9.47 Å². The summed E-state index contributed by atoms with van der Waals surface area (Å²) in [6.45, 7) is 4.11. The number of hydrogen-bond acceptors (Lipinski definition) is 1. The number of para-hydroxylation sites is 4. The zero-order valence-electron chi connectivity index (χ0n) is 38.5. The van der Waals surface area contributed by atoms with Crippen molar-refractivity contribution < 1.29 is 0 Å². The van der Waals surface area contributed by atoms with Gasteiger partial charge in [0.15, 0.2) is 0 Å². The number of anilines is 2. The average molecular weight is 891 g/mol. The van der Waals surface area contributed by atoms with E-state index >= 15 is 0 Å². The molecule has 70 heavy (non-hydrogen) atoms. The molecule has 14 rings (SSSR count). The van der Waals surface area contributed by atoms with Gasteiger partial charge in [-0.05, 0) is 109 Å². The molecule has 0 amide bonds. The van der Waals surface area contributed by atoms with E-state index < -0.39 is 10.8 Å². The van der Waals surface area contributed by atoms with Gasteiger partial charge in [0, 0.05) is 22.0 Å². The fourth-order valence-corrected chi connectivity index (χ4v) is 12.9. The summed E-state index contributed by atoms with van der Waals surface area (Å²) < 4.78 is 2.52. The molecule has 2 heteroatoms. The third-order valence-corrected chi connectivity index (χ3v) is 15.4. The fourth-order valence-electron chi connectivity index (χ4n) is 12.9. The average Bonchev–Trinajstić information content (AvgIpc) is 4.04. The second-order valence-corrected chi connectivity index (χ2v) is 18.7. The first-order valence-electron chi connectivity index (χ1n) is 24.3. The predicted molar refractivity (Wildman–Crippen MR) is 291 cm³/mol. The van der Waals surface area contributed by atoms with Gasteiger partial charge in [-0.15, -0.1) is 0 Å². The largest absolute Gasteiger partial charge is 0.309 e. The Morgan fingerprint density at radius 3 is 1.76 bits per heavy atom.